The molecule has 3 aromatic carbocycles. The summed E-state index contributed by atoms with van der Waals surface area (Å²) in [4.78, 5) is 0.226. The molecule has 1 N–H and O–H groups in total. The molecule has 3 aromatic rings. The lowest BCUT2D eigenvalue weighted by Gasteiger charge is -2.27. The first-order valence-corrected chi connectivity index (χ1v) is 11.9. The molecule has 0 saturated carbocycles. The van der Waals surface area contributed by atoms with Gasteiger partial charge in [-0.3, -0.25) is 0 Å². The normalized spacial score (nSPS) is 15.9. The Hall–Kier alpha value is -2.54. The van der Waals surface area contributed by atoms with E-state index in [4.69, 9.17) is 21.1 Å². The lowest BCUT2D eigenvalue weighted by Crippen LogP contribution is -2.39. The van der Waals surface area contributed by atoms with Crippen LogP contribution in [0.3, 0.4) is 0 Å². The summed E-state index contributed by atoms with van der Waals surface area (Å²) in [5, 5.41) is 0.509. The van der Waals surface area contributed by atoms with Crippen molar-refractivity contribution in [3.05, 3.63) is 88.4 Å². The van der Waals surface area contributed by atoms with Crippen molar-refractivity contribution in [1.82, 2.24) is 4.72 Å². The van der Waals surface area contributed by atoms with Gasteiger partial charge in [-0.05, 0) is 84.5 Å². The number of halogens is 1. The molecule has 0 amide bonds. The number of methoxy groups -OCH3 is 1. The predicted octanol–water partition coefficient (Wildman–Crippen LogP) is 4.76. The summed E-state index contributed by atoms with van der Waals surface area (Å²) in [6, 6.07) is 19.7. The van der Waals surface area contributed by atoms with Crippen LogP contribution in [-0.2, 0) is 29.5 Å². The number of hydrogen-bond acceptors (Lipinski definition) is 4. The van der Waals surface area contributed by atoms with Gasteiger partial charge in [0.25, 0.3) is 0 Å². The molecule has 31 heavy (non-hydrogen) atoms. The van der Waals surface area contributed by atoms with Gasteiger partial charge in [-0.2, -0.15) is 0 Å². The van der Waals surface area contributed by atoms with E-state index in [1.165, 1.54) is 17.7 Å². The third-order valence-corrected chi connectivity index (χ3v) is 7.27. The number of fused-ring (bicyclic) bond motifs is 1. The van der Waals surface area contributed by atoms with Crippen LogP contribution in [0.15, 0.2) is 71.6 Å². The van der Waals surface area contributed by atoms with Gasteiger partial charge in [0.15, 0.2) is 0 Å². The Morgan fingerprint density at radius 3 is 2.42 bits per heavy atom. The first-order chi connectivity index (χ1) is 14.9. The highest BCUT2D eigenvalue weighted by molar-refractivity contribution is 7.89. The highest BCUT2D eigenvalue weighted by atomic mass is 35.5. The van der Waals surface area contributed by atoms with Gasteiger partial charge in [-0.25, -0.2) is 13.1 Å². The highest BCUT2D eigenvalue weighted by Crippen LogP contribution is 2.27. The zero-order valence-electron chi connectivity index (χ0n) is 17.2. The lowest BCUT2D eigenvalue weighted by atomic mass is 9.86. The van der Waals surface area contributed by atoms with Gasteiger partial charge in [0, 0.05) is 11.1 Å². The maximum atomic E-state index is 12.7. The number of rotatable bonds is 7. The van der Waals surface area contributed by atoms with Crippen LogP contribution < -0.4 is 14.2 Å². The minimum atomic E-state index is -3.58. The van der Waals surface area contributed by atoms with Gasteiger partial charge in [0.2, 0.25) is 10.0 Å². The van der Waals surface area contributed by atoms with Gasteiger partial charge in [-0.1, -0.05) is 29.8 Å². The summed E-state index contributed by atoms with van der Waals surface area (Å²) in [5.41, 5.74) is 3.54. The van der Waals surface area contributed by atoms with Crippen LogP contribution in [-0.4, -0.2) is 21.6 Å². The van der Waals surface area contributed by atoms with Crippen LogP contribution in [0.5, 0.6) is 11.5 Å². The van der Waals surface area contributed by atoms with E-state index in [-0.39, 0.29) is 10.9 Å². The van der Waals surface area contributed by atoms with Crippen LogP contribution in [0.2, 0.25) is 5.02 Å². The monoisotopic (exact) mass is 457 g/mol. The third-order valence-electron chi connectivity index (χ3n) is 5.48. The molecule has 7 heteroatoms. The maximum absolute atomic E-state index is 12.7. The average Bonchev–Trinajstić information content (AvgIpc) is 2.78. The fraction of sp³-hybridized carbons (Fsp3) is 0.250. The number of hydrogen-bond donors (Lipinski definition) is 1. The largest absolute Gasteiger partial charge is 0.497 e. The van der Waals surface area contributed by atoms with Gasteiger partial charge in [0.1, 0.15) is 18.1 Å². The Balaban J connectivity index is 1.43. The molecule has 0 aromatic heterocycles. The standard InChI is InChI=1S/C24H24ClNO4S/c1-29-21-8-10-22(11-9-21)30-16-18-4-2-3-17-15-20(7-14-24(17)18)26-31(27,28)23-12-5-19(25)6-13-23/h2-6,8-13,20,26H,7,14-16H2,1H3. The molecule has 1 atom stereocenters. The molecule has 0 aliphatic heterocycles. The Bertz CT molecular complexity index is 1150. The topological polar surface area (TPSA) is 64.6 Å². The molecule has 162 valence electrons. The van der Waals surface area contributed by atoms with Crippen LogP contribution >= 0.6 is 11.6 Å². The van der Waals surface area contributed by atoms with Crippen molar-refractivity contribution in [2.75, 3.05) is 7.11 Å². The zero-order chi connectivity index (χ0) is 21.8. The molecular weight excluding hydrogens is 434 g/mol. The Kier molecular flexibility index (Phi) is 6.51. The smallest absolute Gasteiger partial charge is 0.240 e. The van der Waals surface area contributed by atoms with Crippen LogP contribution in [0.4, 0.5) is 0 Å². The zero-order valence-corrected chi connectivity index (χ0v) is 18.7. The molecule has 0 saturated heterocycles. The van der Waals surface area contributed by atoms with Crippen molar-refractivity contribution in [2.24, 2.45) is 0 Å². The summed E-state index contributed by atoms with van der Waals surface area (Å²) in [6.45, 7) is 0.469. The van der Waals surface area contributed by atoms with Crippen molar-refractivity contribution < 1.29 is 17.9 Å². The van der Waals surface area contributed by atoms with E-state index in [0.717, 1.165) is 35.5 Å². The third kappa shape index (κ3) is 5.21. The van der Waals surface area contributed by atoms with Crippen LogP contribution in [0.25, 0.3) is 0 Å². The molecule has 5 nitrogen and oxygen atoms in total. The van der Waals surface area contributed by atoms with Crippen molar-refractivity contribution in [3.8, 4) is 11.5 Å². The fourth-order valence-corrected chi connectivity index (χ4v) is 5.25. The van der Waals surface area contributed by atoms with Crippen molar-refractivity contribution in [1.29, 1.82) is 0 Å². The first kappa shape index (κ1) is 21.7. The van der Waals surface area contributed by atoms with Gasteiger partial charge in [0.05, 0.1) is 12.0 Å². The van der Waals surface area contributed by atoms with E-state index in [9.17, 15) is 8.42 Å². The van der Waals surface area contributed by atoms with E-state index < -0.39 is 10.0 Å². The SMILES string of the molecule is COc1ccc(OCc2cccc3c2CCC(NS(=O)(=O)c2ccc(Cl)cc2)C3)cc1. The van der Waals surface area contributed by atoms with E-state index in [1.54, 1.807) is 19.2 Å². The molecular formula is C24H24ClNO4S. The molecule has 0 spiro atoms. The summed E-state index contributed by atoms with van der Waals surface area (Å²) in [7, 11) is -1.95. The summed E-state index contributed by atoms with van der Waals surface area (Å²) >= 11 is 5.87. The summed E-state index contributed by atoms with van der Waals surface area (Å²) in [5.74, 6) is 1.57. The van der Waals surface area contributed by atoms with Gasteiger partial charge >= 0.3 is 0 Å². The summed E-state index contributed by atoms with van der Waals surface area (Å²) in [6.07, 6.45) is 2.18. The van der Waals surface area contributed by atoms with Gasteiger partial charge in [-0.15, -0.1) is 0 Å². The maximum Gasteiger partial charge on any atom is 0.240 e. The molecule has 0 fully saturated rings. The lowest BCUT2D eigenvalue weighted by molar-refractivity contribution is 0.303. The molecule has 1 aliphatic carbocycles. The van der Waals surface area contributed by atoms with Gasteiger partial charge < -0.3 is 9.47 Å². The quantitative estimate of drug-likeness (QED) is 0.555. The van der Waals surface area contributed by atoms with E-state index >= 15 is 0 Å². The Labute approximate surface area is 188 Å². The first-order valence-electron chi connectivity index (χ1n) is 10.1. The molecule has 0 bridgehead atoms. The molecule has 1 aliphatic rings. The van der Waals surface area contributed by atoms with Crippen molar-refractivity contribution in [2.45, 2.75) is 36.8 Å². The Morgan fingerprint density at radius 2 is 1.71 bits per heavy atom. The van der Waals surface area contributed by atoms with Crippen molar-refractivity contribution >= 4 is 21.6 Å². The number of nitrogens with one attached hydrogen (secondary N) is 1. The second kappa shape index (κ2) is 9.30. The minimum absolute atomic E-state index is 0.147. The van der Waals surface area contributed by atoms with E-state index in [1.807, 2.05) is 30.3 Å². The number of benzene rings is 3. The summed E-state index contributed by atoms with van der Waals surface area (Å²) < 4.78 is 39.4. The highest BCUT2D eigenvalue weighted by Gasteiger charge is 2.25. The second-order valence-corrected chi connectivity index (χ2v) is 9.68. The number of sulfonamides is 1. The van der Waals surface area contributed by atoms with Crippen LogP contribution in [0.1, 0.15) is 23.1 Å². The average molecular weight is 458 g/mol. The molecule has 1 unspecified atom stereocenters. The predicted molar refractivity (Wildman–Crippen MR) is 121 cm³/mol. The fourth-order valence-electron chi connectivity index (χ4n) is 3.86. The second-order valence-electron chi connectivity index (χ2n) is 7.53. The number of ether oxygens (including phenoxy) is 2. The van der Waals surface area contributed by atoms with E-state index in [0.29, 0.717) is 18.1 Å². The molecule has 4 rings (SSSR count). The van der Waals surface area contributed by atoms with Crippen LogP contribution in [0, 0.1) is 0 Å². The molecule has 0 heterocycles. The van der Waals surface area contributed by atoms with E-state index in [2.05, 4.69) is 16.9 Å². The van der Waals surface area contributed by atoms with Crippen molar-refractivity contribution in [3.63, 3.8) is 0 Å². The molecule has 0 radical (unpaired) electrons. The minimum Gasteiger partial charge on any atom is -0.497 e. The Morgan fingerprint density at radius 1 is 1.00 bits per heavy atom.